The van der Waals surface area contributed by atoms with Gasteiger partial charge in [-0.15, -0.1) is 0 Å². The van der Waals surface area contributed by atoms with E-state index in [0.717, 1.165) is 24.7 Å². The molecular weight excluding hydrogens is 345 g/mol. The summed E-state index contributed by atoms with van der Waals surface area (Å²) in [5.41, 5.74) is 3.24. The van der Waals surface area contributed by atoms with Gasteiger partial charge in [0.15, 0.2) is 5.11 Å². The molecule has 0 aromatic heterocycles. The molecule has 2 N–H and O–H groups in total. The van der Waals surface area contributed by atoms with E-state index in [-0.39, 0.29) is 11.9 Å². The minimum atomic E-state index is -0.258. The highest BCUT2D eigenvalue weighted by Crippen LogP contribution is 2.24. The van der Waals surface area contributed by atoms with Crippen molar-refractivity contribution in [1.82, 2.24) is 5.32 Å². The number of hydrogen-bond donors (Lipinski definition) is 2. The third kappa shape index (κ3) is 4.94. The van der Waals surface area contributed by atoms with E-state index in [1.165, 1.54) is 36.2 Å². The first kappa shape index (κ1) is 18.6. The van der Waals surface area contributed by atoms with E-state index >= 15 is 0 Å². The Kier molecular flexibility index (Phi) is 6.09. The number of nitrogens with zero attached hydrogens (tertiary/aromatic N) is 1. The normalized spacial score (nSPS) is 18.3. The van der Waals surface area contributed by atoms with Crippen LogP contribution in [0.25, 0.3) is 0 Å². The Morgan fingerprint density at radius 1 is 1.15 bits per heavy atom. The molecule has 2 atom stereocenters. The molecule has 0 radical (unpaired) electrons. The van der Waals surface area contributed by atoms with Crippen molar-refractivity contribution in [3.63, 3.8) is 0 Å². The van der Waals surface area contributed by atoms with E-state index in [2.05, 4.69) is 53.6 Å². The largest absolute Gasteiger partial charge is 0.371 e. The number of thiocarbonyl (C=S) groups is 1. The van der Waals surface area contributed by atoms with Gasteiger partial charge in [-0.3, -0.25) is 0 Å². The maximum absolute atomic E-state index is 13.0. The van der Waals surface area contributed by atoms with Crippen molar-refractivity contribution >= 4 is 28.7 Å². The van der Waals surface area contributed by atoms with Gasteiger partial charge in [-0.05, 0) is 79.9 Å². The van der Waals surface area contributed by atoms with Crippen LogP contribution in [0, 0.1) is 11.7 Å². The molecule has 1 saturated heterocycles. The maximum Gasteiger partial charge on any atom is 0.171 e. The second kappa shape index (κ2) is 8.49. The standard InChI is InChI=1S/C21H26FN3S/c1-15-4-3-13-25(14-15)20-11-5-17(6-12-20)16(2)23-21(26)24-19-9-7-18(22)8-10-19/h5-12,15-16H,3-4,13-14H2,1-2H3,(H2,23,24,26)/t15-,16-/m0/s1. The highest BCUT2D eigenvalue weighted by Gasteiger charge is 2.17. The molecule has 0 spiro atoms. The van der Waals surface area contributed by atoms with Crippen LogP contribution in [0.2, 0.25) is 0 Å². The predicted octanol–water partition coefficient (Wildman–Crippen LogP) is 5.11. The van der Waals surface area contributed by atoms with Crippen molar-refractivity contribution in [2.75, 3.05) is 23.3 Å². The van der Waals surface area contributed by atoms with Crippen molar-refractivity contribution in [2.45, 2.75) is 32.7 Å². The van der Waals surface area contributed by atoms with Gasteiger partial charge in [0.05, 0.1) is 6.04 Å². The van der Waals surface area contributed by atoms with Crippen LogP contribution in [0.15, 0.2) is 48.5 Å². The first-order valence-electron chi connectivity index (χ1n) is 9.19. The topological polar surface area (TPSA) is 27.3 Å². The van der Waals surface area contributed by atoms with E-state index in [1.54, 1.807) is 12.1 Å². The summed E-state index contributed by atoms with van der Waals surface area (Å²) >= 11 is 5.36. The molecule has 1 heterocycles. The zero-order chi connectivity index (χ0) is 18.5. The van der Waals surface area contributed by atoms with E-state index in [1.807, 2.05) is 0 Å². The third-order valence-electron chi connectivity index (χ3n) is 4.86. The van der Waals surface area contributed by atoms with Gasteiger partial charge in [0.2, 0.25) is 0 Å². The lowest BCUT2D eigenvalue weighted by Gasteiger charge is -2.33. The zero-order valence-electron chi connectivity index (χ0n) is 15.3. The molecule has 0 saturated carbocycles. The van der Waals surface area contributed by atoms with Gasteiger partial charge in [-0.25, -0.2) is 4.39 Å². The van der Waals surface area contributed by atoms with Gasteiger partial charge in [0.1, 0.15) is 5.82 Å². The molecule has 1 aliphatic heterocycles. The average molecular weight is 372 g/mol. The van der Waals surface area contributed by atoms with Crippen LogP contribution < -0.4 is 15.5 Å². The Labute approximate surface area is 160 Å². The van der Waals surface area contributed by atoms with Crippen LogP contribution >= 0.6 is 12.2 Å². The monoisotopic (exact) mass is 371 g/mol. The van der Waals surface area contributed by atoms with Crippen LogP contribution in [0.3, 0.4) is 0 Å². The minimum Gasteiger partial charge on any atom is -0.371 e. The molecule has 3 rings (SSSR count). The summed E-state index contributed by atoms with van der Waals surface area (Å²) < 4.78 is 13.0. The number of benzene rings is 2. The van der Waals surface area contributed by atoms with Crippen molar-refractivity contribution in [3.05, 3.63) is 59.9 Å². The summed E-state index contributed by atoms with van der Waals surface area (Å²) in [6.07, 6.45) is 2.60. The lowest BCUT2D eigenvalue weighted by Crippen LogP contribution is -2.34. The fraction of sp³-hybridized carbons (Fsp3) is 0.381. The van der Waals surface area contributed by atoms with Crippen molar-refractivity contribution in [1.29, 1.82) is 0 Å². The first-order valence-corrected chi connectivity index (χ1v) is 9.60. The summed E-state index contributed by atoms with van der Waals surface area (Å²) in [5, 5.41) is 6.89. The summed E-state index contributed by atoms with van der Waals surface area (Å²) in [5.74, 6) is 0.505. The van der Waals surface area contributed by atoms with Crippen molar-refractivity contribution in [2.24, 2.45) is 5.92 Å². The molecule has 5 heteroatoms. The summed E-state index contributed by atoms with van der Waals surface area (Å²) in [4.78, 5) is 2.47. The van der Waals surface area contributed by atoms with Crippen LogP contribution in [0.5, 0.6) is 0 Å². The fourth-order valence-corrected chi connectivity index (χ4v) is 3.67. The Morgan fingerprint density at radius 3 is 2.50 bits per heavy atom. The fourth-order valence-electron chi connectivity index (χ4n) is 3.38. The Hall–Kier alpha value is -2.14. The van der Waals surface area contributed by atoms with Crippen molar-refractivity contribution < 1.29 is 4.39 Å². The van der Waals surface area contributed by atoms with E-state index in [0.29, 0.717) is 5.11 Å². The second-order valence-corrected chi connectivity index (χ2v) is 7.52. The number of rotatable bonds is 4. The number of hydrogen-bond acceptors (Lipinski definition) is 2. The van der Waals surface area contributed by atoms with E-state index in [4.69, 9.17) is 12.2 Å². The third-order valence-corrected chi connectivity index (χ3v) is 5.08. The maximum atomic E-state index is 13.0. The van der Waals surface area contributed by atoms with Crippen LogP contribution in [0.1, 0.15) is 38.3 Å². The lowest BCUT2D eigenvalue weighted by molar-refractivity contribution is 0.447. The second-order valence-electron chi connectivity index (χ2n) is 7.11. The van der Waals surface area contributed by atoms with Crippen molar-refractivity contribution in [3.8, 4) is 0 Å². The van der Waals surface area contributed by atoms with Gasteiger partial charge < -0.3 is 15.5 Å². The van der Waals surface area contributed by atoms with Crippen LogP contribution in [0.4, 0.5) is 15.8 Å². The molecule has 0 bridgehead atoms. The molecule has 0 aliphatic carbocycles. The minimum absolute atomic E-state index is 0.0878. The molecule has 2 aromatic carbocycles. The first-order chi connectivity index (χ1) is 12.5. The van der Waals surface area contributed by atoms with Gasteiger partial charge in [0.25, 0.3) is 0 Å². The lowest BCUT2D eigenvalue weighted by atomic mass is 9.99. The number of piperidine rings is 1. The van der Waals surface area contributed by atoms with Gasteiger partial charge in [-0.2, -0.15) is 0 Å². The molecule has 138 valence electrons. The molecule has 1 fully saturated rings. The number of nitrogens with one attached hydrogen (secondary N) is 2. The van der Waals surface area contributed by atoms with Gasteiger partial charge >= 0.3 is 0 Å². The highest BCUT2D eigenvalue weighted by atomic mass is 32.1. The molecule has 0 unspecified atom stereocenters. The Balaban J connectivity index is 1.56. The van der Waals surface area contributed by atoms with Gasteiger partial charge in [-0.1, -0.05) is 19.1 Å². The molecule has 1 aliphatic rings. The highest BCUT2D eigenvalue weighted by molar-refractivity contribution is 7.80. The molecular formula is C21H26FN3S. The number of halogens is 1. The average Bonchev–Trinajstić information content (AvgIpc) is 2.64. The molecule has 26 heavy (non-hydrogen) atoms. The van der Waals surface area contributed by atoms with Crippen LogP contribution in [-0.4, -0.2) is 18.2 Å². The SMILES string of the molecule is C[C@H]1CCCN(c2ccc([C@H](C)NC(=S)Nc3ccc(F)cc3)cc2)C1. The predicted molar refractivity (Wildman–Crippen MR) is 111 cm³/mol. The molecule has 2 aromatic rings. The van der Waals surface area contributed by atoms with Crippen LogP contribution in [-0.2, 0) is 0 Å². The smallest absolute Gasteiger partial charge is 0.171 e. The molecule has 3 nitrogen and oxygen atoms in total. The molecule has 0 amide bonds. The zero-order valence-corrected chi connectivity index (χ0v) is 16.2. The Morgan fingerprint density at radius 2 is 1.85 bits per heavy atom. The quantitative estimate of drug-likeness (QED) is 0.731. The van der Waals surface area contributed by atoms with E-state index < -0.39 is 0 Å². The Bertz CT molecular complexity index is 730. The number of anilines is 2. The van der Waals surface area contributed by atoms with E-state index in [9.17, 15) is 4.39 Å². The summed E-state index contributed by atoms with van der Waals surface area (Å²) in [6, 6.07) is 15.0. The summed E-state index contributed by atoms with van der Waals surface area (Å²) in [6.45, 7) is 6.68. The van der Waals surface area contributed by atoms with Gasteiger partial charge in [0, 0.05) is 24.5 Å². The summed E-state index contributed by atoms with van der Waals surface area (Å²) in [7, 11) is 0.